The van der Waals surface area contributed by atoms with E-state index in [-0.39, 0.29) is 5.91 Å². The first-order valence-corrected chi connectivity index (χ1v) is 5.90. The highest BCUT2D eigenvalue weighted by Crippen LogP contribution is 2.19. The van der Waals surface area contributed by atoms with Crippen LogP contribution < -0.4 is 4.74 Å². The molecule has 0 radical (unpaired) electrons. The van der Waals surface area contributed by atoms with Crippen molar-refractivity contribution in [2.75, 3.05) is 20.8 Å². The van der Waals surface area contributed by atoms with Crippen molar-refractivity contribution in [3.63, 3.8) is 0 Å². The molecule has 1 aromatic carbocycles. The fourth-order valence-corrected chi connectivity index (χ4v) is 1.32. The third-order valence-electron chi connectivity index (χ3n) is 2.37. The van der Waals surface area contributed by atoms with Gasteiger partial charge in [-0.05, 0) is 18.6 Å². The maximum absolute atomic E-state index is 11.5. The fraction of sp³-hybridized carbons (Fsp3) is 0.357. The van der Waals surface area contributed by atoms with Crippen LogP contribution in [0, 0.1) is 0 Å². The number of hydrogen-bond donors (Lipinski definition) is 0. The van der Waals surface area contributed by atoms with Crippen LogP contribution >= 0.6 is 0 Å². The van der Waals surface area contributed by atoms with Gasteiger partial charge >= 0.3 is 0 Å². The van der Waals surface area contributed by atoms with Crippen LogP contribution in [0.5, 0.6) is 5.75 Å². The highest BCUT2D eigenvalue weighted by molar-refractivity contribution is 5.91. The molecule has 1 amide bonds. The largest absolute Gasteiger partial charge is 0.493 e. The van der Waals surface area contributed by atoms with E-state index in [0.717, 1.165) is 22.8 Å². The molecule has 0 aliphatic rings. The molecule has 0 heterocycles. The van der Waals surface area contributed by atoms with Gasteiger partial charge < -0.3 is 4.74 Å². The number of amides is 1. The van der Waals surface area contributed by atoms with Crippen LogP contribution in [0.1, 0.15) is 18.9 Å². The van der Waals surface area contributed by atoms with Gasteiger partial charge in [0.25, 0.3) is 5.91 Å². The number of para-hydroxylation sites is 1. The van der Waals surface area contributed by atoms with Gasteiger partial charge in [-0.2, -0.15) is 0 Å². The Hall–Kier alpha value is -1.81. The van der Waals surface area contributed by atoms with Gasteiger partial charge in [0.2, 0.25) is 0 Å². The molecule has 0 aromatic heterocycles. The zero-order valence-corrected chi connectivity index (χ0v) is 11.1. The van der Waals surface area contributed by atoms with Crippen LogP contribution in [0.2, 0.25) is 0 Å². The number of ether oxygens (including phenoxy) is 1. The predicted octanol–water partition coefficient (Wildman–Crippen LogP) is 2.51. The van der Waals surface area contributed by atoms with Gasteiger partial charge in [-0.3, -0.25) is 9.63 Å². The van der Waals surface area contributed by atoms with Crippen LogP contribution in [-0.4, -0.2) is 31.7 Å². The first kappa shape index (κ1) is 14.3. The second kappa shape index (κ2) is 7.50. The summed E-state index contributed by atoms with van der Waals surface area (Å²) in [5.41, 5.74) is 0.879. The van der Waals surface area contributed by atoms with Crippen molar-refractivity contribution in [2.45, 2.75) is 13.3 Å². The maximum Gasteiger partial charge on any atom is 0.269 e. The second-order valence-corrected chi connectivity index (χ2v) is 3.74. The molecule has 0 unspecified atom stereocenters. The van der Waals surface area contributed by atoms with E-state index in [1.165, 1.54) is 13.2 Å². The van der Waals surface area contributed by atoms with Gasteiger partial charge in [0.05, 0.1) is 13.7 Å². The number of benzene rings is 1. The van der Waals surface area contributed by atoms with Gasteiger partial charge in [-0.15, -0.1) is 0 Å². The van der Waals surface area contributed by atoms with Gasteiger partial charge in [0, 0.05) is 18.7 Å². The second-order valence-electron chi connectivity index (χ2n) is 3.74. The number of hydrogen-bond acceptors (Lipinski definition) is 3. The van der Waals surface area contributed by atoms with Crippen LogP contribution in [-0.2, 0) is 9.63 Å². The summed E-state index contributed by atoms with van der Waals surface area (Å²) >= 11 is 0. The zero-order chi connectivity index (χ0) is 13.4. The van der Waals surface area contributed by atoms with Gasteiger partial charge in [0.1, 0.15) is 5.75 Å². The summed E-state index contributed by atoms with van der Waals surface area (Å²) in [7, 11) is 3.01. The topological polar surface area (TPSA) is 38.8 Å². The molecule has 18 heavy (non-hydrogen) atoms. The highest BCUT2D eigenvalue weighted by Gasteiger charge is 2.04. The Balaban J connectivity index is 2.77. The number of hydroxylamine groups is 2. The van der Waals surface area contributed by atoms with Crippen molar-refractivity contribution >= 4 is 12.0 Å². The molecular formula is C14H19NO3. The quantitative estimate of drug-likeness (QED) is 0.574. The molecule has 0 N–H and O–H groups in total. The summed E-state index contributed by atoms with van der Waals surface area (Å²) in [5.74, 6) is 0.561. The van der Waals surface area contributed by atoms with Crippen LogP contribution in [0.25, 0.3) is 6.08 Å². The Labute approximate surface area is 108 Å². The molecule has 4 heteroatoms. The lowest BCUT2D eigenvalue weighted by Crippen LogP contribution is -2.22. The van der Waals surface area contributed by atoms with Crippen LogP contribution in [0.3, 0.4) is 0 Å². The van der Waals surface area contributed by atoms with E-state index in [2.05, 4.69) is 6.92 Å². The maximum atomic E-state index is 11.5. The van der Waals surface area contributed by atoms with Crippen molar-refractivity contribution in [1.82, 2.24) is 5.06 Å². The molecule has 1 aromatic rings. The van der Waals surface area contributed by atoms with E-state index in [0.29, 0.717) is 6.61 Å². The lowest BCUT2D eigenvalue weighted by molar-refractivity contribution is -0.162. The van der Waals surface area contributed by atoms with Crippen molar-refractivity contribution in [3.8, 4) is 5.75 Å². The van der Waals surface area contributed by atoms with E-state index in [9.17, 15) is 4.79 Å². The summed E-state index contributed by atoms with van der Waals surface area (Å²) in [6, 6.07) is 7.61. The van der Waals surface area contributed by atoms with Gasteiger partial charge in [-0.1, -0.05) is 25.1 Å². The third kappa shape index (κ3) is 4.22. The van der Waals surface area contributed by atoms with E-state index in [1.807, 2.05) is 24.3 Å². The van der Waals surface area contributed by atoms with E-state index in [1.54, 1.807) is 13.1 Å². The van der Waals surface area contributed by atoms with Crippen LogP contribution in [0.4, 0.5) is 0 Å². The summed E-state index contributed by atoms with van der Waals surface area (Å²) in [6.45, 7) is 2.71. The standard InChI is InChI=1S/C14H19NO3/c1-4-11-18-13-8-6-5-7-12(13)9-10-14(16)15(2)17-3/h5-10H,4,11H2,1-3H3/b10-9+. The average Bonchev–Trinajstić information content (AvgIpc) is 2.42. The number of likely N-dealkylation sites (N-methyl/N-ethyl adjacent to an activating group) is 1. The molecule has 0 saturated carbocycles. The predicted molar refractivity (Wildman–Crippen MR) is 71.0 cm³/mol. The minimum Gasteiger partial charge on any atom is -0.493 e. The van der Waals surface area contributed by atoms with E-state index >= 15 is 0 Å². The minimum absolute atomic E-state index is 0.220. The Morgan fingerprint density at radius 1 is 1.39 bits per heavy atom. The molecule has 0 atom stereocenters. The molecule has 0 fully saturated rings. The highest BCUT2D eigenvalue weighted by atomic mass is 16.7. The molecule has 0 spiro atoms. The van der Waals surface area contributed by atoms with E-state index in [4.69, 9.17) is 9.57 Å². The Morgan fingerprint density at radius 2 is 2.11 bits per heavy atom. The summed E-state index contributed by atoms with van der Waals surface area (Å²) in [4.78, 5) is 16.3. The molecule has 4 nitrogen and oxygen atoms in total. The molecule has 1 rings (SSSR count). The SMILES string of the molecule is CCCOc1ccccc1/C=C/C(=O)N(C)OC. The van der Waals surface area contributed by atoms with Crippen LogP contribution in [0.15, 0.2) is 30.3 Å². The van der Waals surface area contributed by atoms with Gasteiger partial charge in [-0.25, -0.2) is 5.06 Å². The lowest BCUT2D eigenvalue weighted by Gasteiger charge is -2.11. The summed E-state index contributed by atoms with van der Waals surface area (Å²) < 4.78 is 5.60. The molecule has 0 saturated heterocycles. The molecule has 0 bridgehead atoms. The molecular weight excluding hydrogens is 230 g/mol. The fourth-order valence-electron chi connectivity index (χ4n) is 1.32. The van der Waals surface area contributed by atoms with Gasteiger partial charge in [0.15, 0.2) is 0 Å². The third-order valence-corrected chi connectivity index (χ3v) is 2.37. The number of carbonyl (C=O) groups is 1. The number of nitrogens with zero attached hydrogens (tertiary/aromatic N) is 1. The zero-order valence-electron chi connectivity index (χ0n) is 11.1. The molecule has 98 valence electrons. The van der Waals surface area contributed by atoms with E-state index < -0.39 is 0 Å². The van der Waals surface area contributed by atoms with Crippen molar-refractivity contribution in [3.05, 3.63) is 35.9 Å². The Kier molecular flexibility index (Phi) is 5.94. The van der Waals surface area contributed by atoms with Crippen molar-refractivity contribution in [1.29, 1.82) is 0 Å². The number of carbonyl (C=O) groups excluding carboxylic acids is 1. The first-order valence-electron chi connectivity index (χ1n) is 5.90. The normalized spacial score (nSPS) is 10.6. The average molecular weight is 249 g/mol. The molecule has 0 aliphatic heterocycles. The lowest BCUT2D eigenvalue weighted by atomic mass is 10.2. The monoisotopic (exact) mass is 249 g/mol. The minimum atomic E-state index is -0.220. The smallest absolute Gasteiger partial charge is 0.269 e. The number of rotatable bonds is 6. The Bertz CT molecular complexity index is 415. The summed E-state index contributed by atoms with van der Waals surface area (Å²) in [5, 5.41) is 1.16. The Morgan fingerprint density at radius 3 is 2.78 bits per heavy atom. The van der Waals surface area contributed by atoms with Crippen molar-refractivity contribution in [2.24, 2.45) is 0 Å². The molecule has 0 aliphatic carbocycles. The van der Waals surface area contributed by atoms with Crippen molar-refractivity contribution < 1.29 is 14.4 Å². The summed E-state index contributed by atoms with van der Waals surface area (Å²) in [6.07, 6.45) is 4.13. The first-order chi connectivity index (χ1) is 8.69.